The van der Waals surface area contributed by atoms with E-state index in [1.807, 2.05) is 71.6 Å². The van der Waals surface area contributed by atoms with Gasteiger partial charge in [0.15, 0.2) is 5.69 Å². The number of nitrogens with zero attached hydrogens (tertiary/aromatic N) is 4. The zero-order chi connectivity index (χ0) is 24.0. The molecule has 1 aliphatic rings. The SMILES string of the molecule is O=C(c1nn(Cc2ccccc2)c(=O)c2ccccc12)N1CCN(CC=Cc2ccccc2)CC1. The number of aromatic nitrogens is 2. The summed E-state index contributed by atoms with van der Waals surface area (Å²) in [4.78, 5) is 30.8. The molecule has 0 saturated carbocycles. The van der Waals surface area contributed by atoms with Crippen LogP contribution in [0.15, 0.2) is 95.8 Å². The fourth-order valence-electron chi connectivity index (χ4n) is 4.44. The number of rotatable bonds is 6. The van der Waals surface area contributed by atoms with Gasteiger partial charge in [0.2, 0.25) is 0 Å². The third kappa shape index (κ3) is 5.23. The zero-order valence-corrected chi connectivity index (χ0v) is 19.6. The minimum atomic E-state index is -0.184. The quantitative estimate of drug-likeness (QED) is 0.434. The van der Waals surface area contributed by atoms with Gasteiger partial charge in [-0.15, -0.1) is 0 Å². The highest BCUT2D eigenvalue weighted by Crippen LogP contribution is 2.17. The van der Waals surface area contributed by atoms with Crippen molar-refractivity contribution in [1.82, 2.24) is 19.6 Å². The van der Waals surface area contributed by atoms with Gasteiger partial charge in [-0.3, -0.25) is 14.5 Å². The molecule has 35 heavy (non-hydrogen) atoms. The minimum Gasteiger partial charge on any atom is -0.335 e. The second-order valence-electron chi connectivity index (χ2n) is 8.75. The van der Waals surface area contributed by atoms with Crippen molar-refractivity contribution in [3.63, 3.8) is 0 Å². The van der Waals surface area contributed by atoms with Crippen molar-refractivity contribution in [2.24, 2.45) is 0 Å². The largest absolute Gasteiger partial charge is 0.335 e. The predicted octanol–water partition coefficient (Wildman–Crippen LogP) is 3.92. The Hall–Kier alpha value is -4.03. The molecule has 4 aromatic rings. The maximum Gasteiger partial charge on any atom is 0.275 e. The summed E-state index contributed by atoms with van der Waals surface area (Å²) in [6.45, 7) is 4.03. The van der Waals surface area contributed by atoms with Crippen LogP contribution >= 0.6 is 0 Å². The molecule has 1 aromatic heterocycles. The van der Waals surface area contributed by atoms with Crippen LogP contribution in [0.1, 0.15) is 21.6 Å². The maximum absolute atomic E-state index is 13.6. The van der Waals surface area contributed by atoms with Crippen molar-refractivity contribution in [2.75, 3.05) is 32.7 Å². The number of hydrogen-bond donors (Lipinski definition) is 0. The zero-order valence-electron chi connectivity index (χ0n) is 19.6. The first-order valence-corrected chi connectivity index (χ1v) is 12.0. The normalized spacial score (nSPS) is 14.6. The van der Waals surface area contributed by atoms with Gasteiger partial charge in [-0.1, -0.05) is 91.0 Å². The van der Waals surface area contributed by atoms with Gasteiger partial charge in [0.25, 0.3) is 11.5 Å². The predicted molar refractivity (Wildman–Crippen MR) is 139 cm³/mol. The number of piperazine rings is 1. The Balaban J connectivity index is 1.32. The lowest BCUT2D eigenvalue weighted by molar-refractivity contribution is 0.0644. The highest BCUT2D eigenvalue weighted by atomic mass is 16.2. The number of amides is 1. The molecule has 0 spiro atoms. The maximum atomic E-state index is 13.6. The summed E-state index contributed by atoms with van der Waals surface area (Å²) in [5, 5.41) is 5.69. The smallest absolute Gasteiger partial charge is 0.275 e. The molecule has 1 amide bonds. The van der Waals surface area contributed by atoms with Crippen molar-refractivity contribution in [2.45, 2.75) is 6.54 Å². The summed E-state index contributed by atoms with van der Waals surface area (Å²) in [6.07, 6.45) is 4.30. The molecule has 6 heteroatoms. The van der Waals surface area contributed by atoms with E-state index >= 15 is 0 Å². The Morgan fingerprint density at radius 2 is 1.43 bits per heavy atom. The van der Waals surface area contributed by atoms with Crippen molar-refractivity contribution >= 4 is 22.8 Å². The number of benzene rings is 3. The number of hydrogen-bond acceptors (Lipinski definition) is 4. The lowest BCUT2D eigenvalue weighted by Crippen LogP contribution is -2.49. The van der Waals surface area contributed by atoms with E-state index in [-0.39, 0.29) is 11.5 Å². The summed E-state index contributed by atoms with van der Waals surface area (Å²) in [7, 11) is 0. The van der Waals surface area contributed by atoms with Gasteiger partial charge in [0, 0.05) is 38.1 Å². The van der Waals surface area contributed by atoms with Gasteiger partial charge in [0.05, 0.1) is 11.9 Å². The van der Waals surface area contributed by atoms with Crippen LogP contribution in [0, 0.1) is 0 Å². The lowest BCUT2D eigenvalue weighted by Gasteiger charge is -2.34. The van der Waals surface area contributed by atoms with Crippen LogP contribution in [0.2, 0.25) is 0 Å². The first-order chi connectivity index (χ1) is 17.2. The highest BCUT2D eigenvalue weighted by molar-refractivity contribution is 6.04. The van der Waals surface area contributed by atoms with E-state index in [1.165, 1.54) is 10.2 Å². The molecule has 3 aromatic carbocycles. The summed E-state index contributed by atoms with van der Waals surface area (Å²) in [5.41, 5.74) is 2.31. The fourth-order valence-corrected chi connectivity index (χ4v) is 4.44. The number of carbonyl (C=O) groups is 1. The third-order valence-corrected chi connectivity index (χ3v) is 6.38. The molecule has 0 radical (unpaired) electrons. The summed E-state index contributed by atoms with van der Waals surface area (Å²) in [6, 6.07) is 27.2. The van der Waals surface area contributed by atoms with Gasteiger partial charge in [-0.05, 0) is 17.2 Å². The molecule has 2 heterocycles. The van der Waals surface area contributed by atoms with Crippen LogP contribution in [0.3, 0.4) is 0 Å². The van der Waals surface area contributed by atoms with Crippen LogP contribution in [-0.2, 0) is 6.54 Å². The molecule has 0 N–H and O–H groups in total. The van der Waals surface area contributed by atoms with E-state index < -0.39 is 0 Å². The molecular formula is C29H28N4O2. The molecule has 6 nitrogen and oxygen atoms in total. The Kier molecular flexibility index (Phi) is 6.82. The molecular weight excluding hydrogens is 436 g/mol. The Morgan fingerprint density at radius 1 is 0.800 bits per heavy atom. The van der Waals surface area contributed by atoms with Crippen molar-refractivity contribution in [3.05, 3.63) is 118 Å². The average molecular weight is 465 g/mol. The average Bonchev–Trinajstić information content (AvgIpc) is 2.91. The highest BCUT2D eigenvalue weighted by Gasteiger charge is 2.25. The van der Waals surface area contributed by atoms with Crippen molar-refractivity contribution in [3.8, 4) is 0 Å². The van der Waals surface area contributed by atoms with Crippen LogP contribution in [-0.4, -0.2) is 58.2 Å². The molecule has 5 rings (SSSR count). The van der Waals surface area contributed by atoms with Gasteiger partial charge in [0.1, 0.15) is 0 Å². The fraction of sp³-hybridized carbons (Fsp3) is 0.207. The second-order valence-corrected chi connectivity index (χ2v) is 8.75. The van der Waals surface area contributed by atoms with E-state index in [9.17, 15) is 9.59 Å². The van der Waals surface area contributed by atoms with Gasteiger partial charge >= 0.3 is 0 Å². The van der Waals surface area contributed by atoms with Crippen LogP contribution in [0.25, 0.3) is 16.8 Å². The molecule has 0 atom stereocenters. The summed E-state index contributed by atoms with van der Waals surface area (Å²) >= 11 is 0. The number of fused-ring (bicyclic) bond motifs is 1. The Labute approximate surface area is 204 Å². The van der Waals surface area contributed by atoms with Crippen LogP contribution < -0.4 is 5.56 Å². The Morgan fingerprint density at radius 3 is 2.14 bits per heavy atom. The Bertz CT molecular complexity index is 1390. The monoisotopic (exact) mass is 464 g/mol. The van der Waals surface area contributed by atoms with Crippen LogP contribution in [0.5, 0.6) is 0 Å². The minimum absolute atomic E-state index is 0.123. The standard InChI is InChI=1S/C29H28N4O2/c34-28-26-16-8-7-15-25(26)27(30-33(28)22-24-12-5-2-6-13-24)29(35)32-20-18-31(19-21-32)17-9-14-23-10-3-1-4-11-23/h1-16H,17-22H2. The lowest BCUT2D eigenvalue weighted by atomic mass is 10.1. The van der Waals surface area contributed by atoms with E-state index in [2.05, 4.69) is 34.3 Å². The molecule has 1 aliphatic heterocycles. The van der Waals surface area contributed by atoms with Crippen molar-refractivity contribution < 1.29 is 4.79 Å². The third-order valence-electron chi connectivity index (χ3n) is 6.38. The van der Waals surface area contributed by atoms with Crippen LogP contribution in [0.4, 0.5) is 0 Å². The van der Waals surface area contributed by atoms with Crippen molar-refractivity contribution in [1.29, 1.82) is 0 Å². The van der Waals surface area contributed by atoms with E-state index in [4.69, 9.17) is 0 Å². The molecule has 0 aliphatic carbocycles. The molecule has 1 fully saturated rings. The second kappa shape index (κ2) is 10.5. The molecule has 176 valence electrons. The summed E-state index contributed by atoms with van der Waals surface area (Å²) in [5.74, 6) is -0.123. The van der Waals surface area contributed by atoms with Gasteiger partial charge in [-0.2, -0.15) is 5.10 Å². The first kappa shape index (κ1) is 22.7. The first-order valence-electron chi connectivity index (χ1n) is 12.0. The molecule has 0 unspecified atom stereocenters. The number of carbonyl (C=O) groups excluding carboxylic acids is 1. The van der Waals surface area contributed by atoms with E-state index in [0.29, 0.717) is 36.1 Å². The molecule has 1 saturated heterocycles. The summed E-state index contributed by atoms with van der Waals surface area (Å²) < 4.78 is 1.41. The van der Waals surface area contributed by atoms with Gasteiger partial charge in [-0.25, -0.2) is 4.68 Å². The molecule has 0 bridgehead atoms. The topological polar surface area (TPSA) is 58.4 Å². The van der Waals surface area contributed by atoms with E-state index in [1.54, 1.807) is 6.07 Å². The van der Waals surface area contributed by atoms with E-state index in [0.717, 1.165) is 25.2 Å². The van der Waals surface area contributed by atoms with Gasteiger partial charge < -0.3 is 4.90 Å².